The van der Waals surface area contributed by atoms with Gasteiger partial charge >= 0.3 is 0 Å². The minimum atomic E-state index is 0.157. The normalized spacial score (nSPS) is 20.2. The third kappa shape index (κ3) is 2.25. The molecule has 2 heterocycles. The number of pyridine rings is 1. The van der Waals surface area contributed by atoms with Gasteiger partial charge in [-0.05, 0) is 6.07 Å². The summed E-state index contributed by atoms with van der Waals surface area (Å²) >= 11 is 5.95. The second-order valence-corrected chi connectivity index (χ2v) is 4.29. The van der Waals surface area contributed by atoms with Crippen molar-refractivity contribution in [2.45, 2.75) is 13.0 Å². The first-order chi connectivity index (χ1) is 7.70. The number of hydrogen-bond acceptors (Lipinski definition) is 2. The number of rotatable bonds is 3. The fraction of sp³-hybridized carbons (Fsp3) is 0.333. The molecule has 3 nitrogen and oxygen atoms in total. The molecule has 0 bridgehead atoms. The number of hydrogen-bond donors (Lipinski definition) is 0. The van der Waals surface area contributed by atoms with E-state index in [0.29, 0.717) is 18.1 Å². The monoisotopic (exact) mass is 236 g/mol. The van der Waals surface area contributed by atoms with Crippen LogP contribution < -0.4 is 0 Å². The highest BCUT2D eigenvalue weighted by molar-refractivity contribution is 6.30. The topological polar surface area (TPSA) is 33.2 Å². The lowest BCUT2D eigenvalue weighted by molar-refractivity contribution is -0.128. The Morgan fingerprint density at radius 3 is 3.12 bits per heavy atom. The van der Waals surface area contributed by atoms with E-state index in [0.717, 1.165) is 12.1 Å². The molecule has 1 fully saturated rings. The number of amides is 1. The van der Waals surface area contributed by atoms with E-state index in [-0.39, 0.29) is 11.8 Å². The van der Waals surface area contributed by atoms with Crippen LogP contribution >= 0.6 is 11.6 Å². The van der Waals surface area contributed by atoms with Crippen LogP contribution in [-0.2, 0) is 11.3 Å². The van der Waals surface area contributed by atoms with Crippen molar-refractivity contribution >= 4 is 17.5 Å². The average molecular weight is 237 g/mol. The van der Waals surface area contributed by atoms with E-state index in [4.69, 9.17) is 11.6 Å². The van der Waals surface area contributed by atoms with Crippen LogP contribution in [0.4, 0.5) is 0 Å². The van der Waals surface area contributed by atoms with Crippen LogP contribution in [-0.4, -0.2) is 22.3 Å². The predicted molar refractivity (Wildman–Crippen MR) is 63.0 cm³/mol. The minimum Gasteiger partial charge on any atom is -0.338 e. The lowest BCUT2D eigenvalue weighted by Gasteiger charge is -2.16. The van der Waals surface area contributed by atoms with Gasteiger partial charge in [-0.25, -0.2) is 4.98 Å². The summed E-state index contributed by atoms with van der Waals surface area (Å²) < 4.78 is 0. The molecule has 1 aromatic heterocycles. The van der Waals surface area contributed by atoms with Crippen molar-refractivity contribution in [3.05, 3.63) is 41.7 Å². The van der Waals surface area contributed by atoms with Crippen molar-refractivity contribution in [1.82, 2.24) is 9.88 Å². The molecule has 1 atom stereocenters. The molecule has 1 aromatic rings. The number of nitrogens with zero attached hydrogens (tertiary/aromatic N) is 2. The zero-order valence-corrected chi connectivity index (χ0v) is 9.65. The van der Waals surface area contributed by atoms with Gasteiger partial charge in [-0.1, -0.05) is 23.7 Å². The summed E-state index contributed by atoms with van der Waals surface area (Å²) in [7, 11) is 0. The molecule has 0 N–H and O–H groups in total. The lowest BCUT2D eigenvalue weighted by Crippen LogP contribution is -2.24. The van der Waals surface area contributed by atoms with E-state index >= 15 is 0 Å². The molecule has 84 valence electrons. The average Bonchev–Trinajstić information content (AvgIpc) is 2.63. The van der Waals surface area contributed by atoms with Gasteiger partial charge in [0.15, 0.2) is 0 Å². The first-order valence-corrected chi connectivity index (χ1v) is 5.58. The Balaban J connectivity index is 2.08. The van der Waals surface area contributed by atoms with Crippen molar-refractivity contribution in [3.8, 4) is 0 Å². The summed E-state index contributed by atoms with van der Waals surface area (Å²) in [6, 6.07) is 3.72. The van der Waals surface area contributed by atoms with Gasteiger partial charge in [0, 0.05) is 37.2 Å². The van der Waals surface area contributed by atoms with E-state index in [1.165, 1.54) is 0 Å². The second kappa shape index (κ2) is 4.66. The molecule has 4 heteroatoms. The Morgan fingerprint density at radius 1 is 1.69 bits per heavy atom. The Morgan fingerprint density at radius 2 is 2.50 bits per heavy atom. The fourth-order valence-electron chi connectivity index (χ4n) is 1.86. The minimum absolute atomic E-state index is 0.157. The smallest absolute Gasteiger partial charge is 0.223 e. The number of carbonyl (C=O) groups is 1. The molecular formula is C12H13ClN2O. The molecule has 0 radical (unpaired) electrons. The number of likely N-dealkylation sites (tertiary alicyclic amines) is 1. The molecule has 0 saturated carbocycles. The van der Waals surface area contributed by atoms with Gasteiger partial charge in [-0.3, -0.25) is 4.79 Å². The van der Waals surface area contributed by atoms with Gasteiger partial charge in [0.2, 0.25) is 5.91 Å². The standard InChI is InChI=1S/C12H13ClN2O/c1-2-9-6-11(16)15(7-9)8-10-4-3-5-14-12(10)13/h2-5,9H,1,6-8H2. The van der Waals surface area contributed by atoms with Crippen molar-refractivity contribution in [2.75, 3.05) is 6.54 Å². The van der Waals surface area contributed by atoms with E-state index in [9.17, 15) is 4.79 Å². The largest absolute Gasteiger partial charge is 0.338 e. The van der Waals surface area contributed by atoms with Gasteiger partial charge in [0.1, 0.15) is 5.15 Å². The van der Waals surface area contributed by atoms with Crippen molar-refractivity contribution in [1.29, 1.82) is 0 Å². The Kier molecular flexibility index (Phi) is 3.25. The molecule has 1 unspecified atom stereocenters. The molecule has 0 aliphatic carbocycles. The van der Waals surface area contributed by atoms with Crippen LogP contribution in [0.1, 0.15) is 12.0 Å². The zero-order valence-electron chi connectivity index (χ0n) is 8.90. The SMILES string of the molecule is C=CC1CC(=O)N(Cc2cccnc2Cl)C1. The summed E-state index contributed by atoms with van der Waals surface area (Å²) in [5.41, 5.74) is 0.891. The summed E-state index contributed by atoms with van der Waals surface area (Å²) in [4.78, 5) is 17.5. The summed E-state index contributed by atoms with van der Waals surface area (Å²) in [6.45, 7) is 4.99. The van der Waals surface area contributed by atoms with Crippen LogP contribution in [0.15, 0.2) is 31.0 Å². The van der Waals surface area contributed by atoms with Crippen molar-refractivity contribution in [3.63, 3.8) is 0 Å². The molecule has 1 aliphatic rings. The lowest BCUT2D eigenvalue weighted by atomic mass is 10.1. The maximum absolute atomic E-state index is 11.7. The molecule has 16 heavy (non-hydrogen) atoms. The van der Waals surface area contributed by atoms with Crippen LogP contribution in [0.25, 0.3) is 0 Å². The summed E-state index contributed by atoms with van der Waals surface area (Å²) in [6.07, 6.45) is 4.04. The Labute approximate surface area is 99.7 Å². The van der Waals surface area contributed by atoms with Crippen LogP contribution in [0.3, 0.4) is 0 Å². The van der Waals surface area contributed by atoms with Crippen molar-refractivity contribution < 1.29 is 4.79 Å². The number of aromatic nitrogens is 1. The summed E-state index contributed by atoms with van der Waals surface area (Å²) in [5.74, 6) is 0.424. The predicted octanol–water partition coefficient (Wildman–Crippen LogP) is 2.27. The van der Waals surface area contributed by atoms with Crippen LogP contribution in [0.5, 0.6) is 0 Å². The van der Waals surface area contributed by atoms with Crippen molar-refractivity contribution in [2.24, 2.45) is 5.92 Å². The maximum atomic E-state index is 11.7. The first kappa shape index (κ1) is 11.1. The van der Waals surface area contributed by atoms with Gasteiger partial charge in [0.25, 0.3) is 0 Å². The zero-order chi connectivity index (χ0) is 11.5. The summed E-state index contributed by atoms with van der Waals surface area (Å²) in [5, 5.41) is 0.470. The van der Waals surface area contributed by atoms with E-state index < -0.39 is 0 Å². The Bertz CT molecular complexity index is 419. The van der Waals surface area contributed by atoms with E-state index in [2.05, 4.69) is 11.6 Å². The number of halogens is 1. The highest BCUT2D eigenvalue weighted by Gasteiger charge is 2.27. The molecule has 0 spiro atoms. The quantitative estimate of drug-likeness (QED) is 0.596. The molecule has 2 rings (SSSR count). The van der Waals surface area contributed by atoms with Gasteiger partial charge < -0.3 is 4.90 Å². The van der Waals surface area contributed by atoms with E-state index in [1.807, 2.05) is 18.2 Å². The fourth-order valence-corrected chi connectivity index (χ4v) is 2.04. The molecule has 1 amide bonds. The molecule has 1 aliphatic heterocycles. The third-order valence-corrected chi connectivity index (χ3v) is 3.12. The second-order valence-electron chi connectivity index (χ2n) is 3.93. The third-order valence-electron chi connectivity index (χ3n) is 2.78. The number of carbonyl (C=O) groups excluding carboxylic acids is 1. The molecular weight excluding hydrogens is 224 g/mol. The van der Waals surface area contributed by atoms with Gasteiger partial charge in [-0.15, -0.1) is 6.58 Å². The maximum Gasteiger partial charge on any atom is 0.223 e. The molecule has 1 saturated heterocycles. The van der Waals surface area contributed by atoms with Crippen LogP contribution in [0, 0.1) is 5.92 Å². The van der Waals surface area contributed by atoms with E-state index in [1.54, 1.807) is 11.1 Å². The Hall–Kier alpha value is -1.35. The highest BCUT2D eigenvalue weighted by Crippen LogP contribution is 2.22. The van der Waals surface area contributed by atoms with Gasteiger partial charge in [0.05, 0.1) is 0 Å². The molecule has 0 aromatic carbocycles. The highest BCUT2D eigenvalue weighted by atomic mass is 35.5. The van der Waals surface area contributed by atoms with Crippen LogP contribution in [0.2, 0.25) is 5.15 Å². The van der Waals surface area contributed by atoms with Gasteiger partial charge in [-0.2, -0.15) is 0 Å². The first-order valence-electron chi connectivity index (χ1n) is 5.20.